The average molecular weight is 509 g/mol. The van der Waals surface area contributed by atoms with E-state index in [-0.39, 0.29) is 11.3 Å². The van der Waals surface area contributed by atoms with Gasteiger partial charge in [-0.25, -0.2) is 0 Å². The SMILES string of the molecule is CCCOc1ccc(/C(O)=C2/C(=O)C(=O)N(CCCN3CCOCC3)C2c2ccc(OC)cc2)c(C)c1. The van der Waals surface area contributed by atoms with Gasteiger partial charge in [-0.05, 0) is 61.2 Å². The van der Waals surface area contributed by atoms with Gasteiger partial charge in [-0.15, -0.1) is 0 Å². The van der Waals surface area contributed by atoms with Crippen LogP contribution in [0.1, 0.15) is 42.5 Å². The van der Waals surface area contributed by atoms with Crippen molar-refractivity contribution in [1.82, 2.24) is 9.80 Å². The molecule has 2 fully saturated rings. The van der Waals surface area contributed by atoms with E-state index in [1.807, 2.05) is 32.0 Å². The zero-order valence-electron chi connectivity index (χ0n) is 21.9. The first-order chi connectivity index (χ1) is 17.9. The molecular formula is C29H36N2O6. The number of benzene rings is 2. The number of hydrogen-bond donors (Lipinski definition) is 1. The highest BCUT2D eigenvalue weighted by molar-refractivity contribution is 6.46. The Bertz CT molecular complexity index is 1140. The van der Waals surface area contributed by atoms with Crippen LogP contribution in [0.3, 0.4) is 0 Å². The fraction of sp³-hybridized carbons (Fsp3) is 0.448. The third kappa shape index (κ3) is 5.97. The molecule has 1 unspecified atom stereocenters. The van der Waals surface area contributed by atoms with Crippen molar-refractivity contribution in [3.05, 3.63) is 64.7 Å². The van der Waals surface area contributed by atoms with Crippen LogP contribution in [0.25, 0.3) is 5.76 Å². The van der Waals surface area contributed by atoms with Gasteiger partial charge in [0.25, 0.3) is 11.7 Å². The molecule has 37 heavy (non-hydrogen) atoms. The van der Waals surface area contributed by atoms with Crippen molar-refractivity contribution in [3.63, 3.8) is 0 Å². The second kappa shape index (κ2) is 12.3. The van der Waals surface area contributed by atoms with E-state index < -0.39 is 17.7 Å². The Labute approximate surface area is 218 Å². The molecule has 2 aliphatic heterocycles. The zero-order chi connectivity index (χ0) is 26.4. The van der Waals surface area contributed by atoms with Crippen LogP contribution >= 0.6 is 0 Å². The lowest BCUT2D eigenvalue weighted by atomic mass is 9.93. The minimum atomic E-state index is -0.689. The van der Waals surface area contributed by atoms with Gasteiger partial charge in [-0.3, -0.25) is 14.5 Å². The first-order valence-electron chi connectivity index (χ1n) is 12.9. The molecule has 0 aliphatic carbocycles. The second-order valence-corrected chi connectivity index (χ2v) is 9.40. The molecule has 0 radical (unpaired) electrons. The third-order valence-corrected chi connectivity index (χ3v) is 6.87. The summed E-state index contributed by atoms with van der Waals surface area (Å²) in [5.41, 5.74) is 2.12. The van der Waals surface area contributed by atoms with Crippen LogP contribution in [-0.4, -0.2) is 79.7 Å². The van der Waals surface area contributed by atoms with Gasteiger partial charge in [0, 0.05) is 31.7 Å². The van der Waals surface area contributed by atoms with Gasteiger partial charge >= 0.3 is 0 Å². The predicted molar refractivity (Wildman–Crippen MR) is 141 cm³/mol. The number of ketones is 1. The highest BCUT2D eigenvalue weighted by atomic mass is 16.5. The number of carbonyl (C=O) groups excluding carboxylic acids is 2. The van der Waals surface area contributed by atoms with Crippen LogP contribution in [0.15, 0.2) is 48.0 Å². The number of ether oxygens (including phenoxy) is 3. The standard InChI is InChI=1S/C29H36N2O6/c1-4-16-37-23-10-11-24(20(2)19-23)27(32)25-26(21-6-8-22(35-3)9-7-21)31(29(34)28(25)33)13-5-12-30-14-17-36-18-15-30/h6-11,19,26,32H,4-5,12-18H2,1-3H3/b27-25-. The van der Waals surface area contributed by atoms with Crippen LogP contribution in [0.5, 0.6) is 11.5 Å². The highest BCUT2D eigenvalue weighted by Crippen LogP contribution is 2.40. The number of Topliss-reactive ketones (excluding diaryl/α,β-unsaturated/α-hetero) is 1. The van der Waals surface area contributed by atoms with E-state index in [4.69, 9.17) is 14.2 Å². The first-order valence-corrected chi connectivity index (χ1v) is 12.9. The number of likely N-dealkylation sites (tertiary alicyclic amines) is 1. The van der Waals surface area contributed by atoms with Gasteiger partial charge in [-0.1, -0.05) is 19.1 Å². The number of rotatable bonds is 10. The molecule has 8 nitrogen and oxygen atoms in total. The van der Waals surface area contributed by atoms with Crippen molar-refractivity contribution < 1.29 is 28.9 Å². The number of aliphatic hydroxyl groups is 1. The number of carbonyl (C=O) groups is 2. The summed E-state index contributed by atoms with van der Waals surface area (Å²) in [5.74, 6) is -0.0626. The topological polar surface area (TPSA) is 88.5 Å². The Morgan fingerprint density at radius 1 is 1.05 bits per heavy atom. The molecule has 4 rings (SSSR count). The molecule has 198 valence electrons. The van der Waals surface area contributed by atoms with E-state index in [2.05, 4.69) is 4.90 Å². The summed E-state index contributed by atoms with van der Waals surface area (Å²) in [6.45, 7) is 8.82. The minimum Gasteiger partial charge on any atom is -0.507 e. The fourth-order valence-corrected chi connectivity index (χ4v) is 4.89. The minimum absolute atomic E-state index is 0.104. The van der Waals surface area contributed by atoms with Crippen molar-refractivity contribution in [2.45, 2.75) is 32.7 Å². The quantitative estimate of drug-likeness (QED) is 0.295. The highest BCUT2D eigenvalue weighted by Gasteiger charge is 2.46. The number of hydrogen-bond acceptors (Lipinski definition) is 7. The number of methoxy groups -OCH3 is 1. The lowest BCUT2D eigenvalue weighted by Crippen LogP contribution is -2.38. The Hall–Kier alpha value is -3.36. The number of morpholine rings is 1. The smallest absolute Gasteiger partial charge is 0.295 e. The van der Waals surface area contributed by atoms with E-state index in [1.54, 1.807) is 36.3 Å². The molecule has 2 heterocycles. The van der Waals surface area contributed by atoms with E-state index in [0.29, 0.717) is 49.8 Å². The maximum atomic E-state index is 13.3. The van der Waals surface area contributed by atoms with Gasteiger partial charge in [0.05, 0.1) is 38.5 Å². The van der Waals surface area contributed by atoms with Gasteiger partial charge in [-0.2, -0.15) is 0 Å². The lowest BCUT2D eigenvalue weighted by Gasteiger charge is -2.29. The molecule has 1 N–H and O–H groups in total. The van der Waals surface area contributed by atoms with Crippen molar-refractivity contribution in [2.75, 3.05) is 53.1 Å². The number of aliphatic hydroxyl groups excluding tert-OH is 1. The fourth-order valence-electron chi connectivity index (χ4n) is 4.89. The summed E-state index contributed by atoms with van der Waals surface area (Å²) < 4.78 is 16.4. The molecule has 0 saturated carbocycles. The number of aryl methyl sites for hydroxylation is 1. The Kier molecular flexibility index (Phi) is 8.84. The molecule has 8 heteroatoms. The molecule has 2 aromatic carbocycles. The largest absolute Gasteiger partial charge is 0.507 e. The van der Waals surface area contributed by atoms with Gasteiger partial charge in [0.15, 0.2) is 0 Å². The average Bonchev–Trinajstić information content (AvgIpc) is 3.17. The number of nitrogens with zero attached hydrogens (tertiary/aromatic N) is 2. The van der Waals surface area contributed by atoms with Gasteiger partial charge in [0.1, 0.15) is 17.3 Å². The van der Waals surface area contributed by atoms with Gasteiger partial charge < -0.3 is 24.2 Å². The van der Waals surface area contributed by atoms with Crippen molar-refractivity contribution in [2.24, 2.45) is 0 Å². The summed E-state index contributed by atoms with van der Waals surface area (Å²) in [6.07, 6.45) is 1.60. The molecule has 0 spiro atoms. The summed E-state index contributed by atoms with van der Waals surface area (Å²) in [6, 6.07) is 11.9. The summed E-state index contributed by atoms with van der Waals surface area (Å²) >= 11 is 0. The second-order valence-electron chi connectivity index (χ2n) is 9.40. The number of amides is 1. The third-order valence-electron chi connectivity index (χ3n) is 6.87. The Balaban J connectivity index is 1.67. The molecule has 2 aromatic rings. The van der Waals surface area contributed by atoms with Crippen LogP contribution < -0.4 is 9.47 Å². The first kappa shape index (κ1) is 26.7. The molecule has 1 atom stereocenters. The van der Waals surface area contributed by atoms with Crippen LogP contribution in [0.4, 0.5) is 0 Å². The monoisotopic (exact) mass is 508 g/mol. The summed E-state index contributed by atoms with van der Waals surface area (Å²) in [5, 5.41) is 11.4. The zero-order valence-corrected chi connectivity index (χ0v) is 21.9. The predicted octanol–water partition coefficient (Wildman–Crippen LogP) is 3.94. The molecular weight excluding hydrogens is 472 g/mol. The molecule has 2 aliphatic rings. The maximum Gasteiger partial charge on any atom is 0.295 e. The molecule has 0 bridgehead atoms. The normalized spacial score (nSPS) is 19.9. The molecule has 0 aromatic heterocycles. The molecule has 2 saturated heterocycles. The van der Waals surface area contributed by atoms with Gasteiger partial charge in [0.2, 0.25) is 0 Å². The van der Waals surface area contributed by atoms with Crippen molar-refractivity contribution in [3.8, 4) is 11.5 Å². The van der Waals surface area contributed by atoms with Crippen molar-refractivity contribution in [1.29, 1.82) is 0 Å². The van der Waals surface area contributed by atoms with Crippen molar-refractivity contribution >= 4 is 17.4 Å². The van der Waals surface area contributed by atoms with E-state index in [1.165, 1.54) is 0 Å². The van der Waals surface area contributed by atoms with E-state index >= 15 is 0 Å². The summed E-state index contributed by atoms with van der Waals surface area (Å²) in [7, 11) is 1.59. The summed E-state index contributed by atoms with van der Waals surface area (Å²) in [4.78, 5) is 30.5. The van der Waals surface area contributed by atoms with Crippen LogP contribution in [0, 0.1) is 6.92 Å². The van der Waals surface area contributed by atoms with Crippen LogP contribution in [-0.2, 0) is 14.3 Å². The van der Waals surface area contributed by atoms with Crippen LogP contribution in [0.2, 0.25) is 0 Å². The Morgan fingerprint density at radius 3 is 2.41 bits per heavy atom. The molecule has 1 amide bonds. The maximum absolute atomic E-state index is 13.3. The lowest BCUT2D eigenvalue weighted by molar-refractivity contribution is -0.140. The Morgan fingerprint density at radius 2 is 1.76 bits per heavy atom. The van der Waals surface area contributed by atoms with E-state index in [9.17, 15) is 14.7 Å². The van der Waals surface area contributed by atoms with E-state index in [0.717, 1.165) is 37.2 Å².